The number of aromatic nitrogens is 6. The van der Waals surface area contributed by atoms with E-state index in [-0.39, 0.29) is 18.6 Å². The van der Waals surface area contributed by atoms with E-state index in [2.05, 4.69) is 30.5 Å². The van der Waals surface area contributed by atoms with Crippen LogP contribution in [-0.4, -0.2) is 35.6 Å². The van der Waals surface area contributed by atoms with E-state index < -0.39 is 0 Å². The molecule has 9 heteroatoms. The quantitative estimate of drug-likeness (QED) is 0.492. The van der Waals surface area contributed by atoms with Gasteiger partial charge in [-0.2, -0.15) is 0 Å². The second kappa shape index (κ2) is 9.12. The zero-order valence-electron chi connectivity index (χ0n) is 17.1. The van der Waals surface area contributed by atoms with Gasteiger partial charge >= 0.3 is 0 Å². The summed E-state index contributed by atoms with van der Waals surface area (Å²) in [4.78, 5) is 25.3. The van der Waals surface area contributed by atoms with E-state index in [1.807, 2.05) is 30.5 Å². The summed E-state index contributed by atoms with van der Waals surface area (Å²) in [6.45, 7) is 4.37. The van der Waals surface area contributed by atoms with Crippen LogP contribution in [0.15, 0.2) is 67.4 Å². The Kier molecular flexibility index (Phi) is 5.93. The number of benzene rings is 1. The monoisotopic (exact) mass is 415 g/mol. The third-order valence-electron chi connectivity index (χ3n) is 4.48. The van der Waals surface area contributed by atoms with Crippen LogP contribution in [0.4, 0.5) is 5.82 Å². The fourth-order valence-corrected chi connectivity index (χ4v) is 2.91. The third kappa shape index (κ3) is 4.89. The van der Waals surface area contributed by atoms with Gasteiger partial charge in [-0.15, -0.1) is 10.2 Å². The fourth-order valence-electron chi connectivity index (χ4n) is 2.91. The second-order valence-electron chi connectivity index (χ2n) is 7.03. The molecule has 4 rings (SSSR count). The van der Waals surface area contributed by atoms with Gasteiger partial charge in [-0.05, 0) is 50.2 Å². The lowest BCUT2D eigenvalue weighted by atomic mass is 10.2. The van der Waals surface area contributed by atoms with E-state index >= 15 is 0 Å². The first-order valence-corrected chi connectivity index (χ1v) is 9.76. The van der Waals surface area contributed by atoms with Crippen molar-refractivity contribution in [3.63, 3.8) is 0 Å². The number of nitrogens with one attached hydrogen (secondary N) is 1. The maximum Gasteiger partial charge on any atom is 0.256 e. The number of pyridine rings is 1. The highest BCUT2D eigenvalue weighted by atomic mass is 16.5. The zero-order valence-corrected chi connectivity index (χ0v) is 17.1. The smallest absolute Gasteiger partial charge is 0.256 e. The first kappa shape index (κ1) is 20.1. The van der Waals surface area contributed by atoms with Crippen molar-refractivity contribution in [1.29, 1.82) is 0 Å². The first-order chi connectivity index (χ1) is 15.1. The number of nitrogens with zero attached hydrogens (tertiary/aromatic N) is 6. The van der Waals surface area contributed by atoms with Crippen LogP contribution in [0, 0.1) is 0 Å². The summed E-state index contributed by atoms with van der Waals surface area (Å²) in [6.07, 6.45) is 4.79. The maximum atomic E-state index is 12.8. The van der Waals surface area contributed by atoms with Gasteiger partial charge in [-0.25, -0.2) is 15.0 Å². The molecule has 1 aromatic carbocycles. The van der Waals surface area contributed by atoms with E-state index in [0.29, 0.717) is 28.6 Å². The van der Waals surface area contributed by atoms with Gasteiger partial charge in [0.1, 0.15) is 36.5 Å². The number of rotatable bonds is 7. The van der Waals surface area contributed by atoms with Crippen molar-refractivity contribution in [2.75, 3.05) is 5.32 Å². The largest absolute Gasteiger partial charge is 0.487 e. The van der Waals surface area contributed by atoms with Gasteiger partial charge in [0.25, 0.3) is 5.91 Å². The number of hydrogen-bond acceptors (Lipinski definition) is 7. The van der Waals surface area contributed by atoms with E-state index in [1.165, 1.54) is 6.33 Å². The first-order valence-electron chi connectivity index (χ1n) is 9.76. The predicted molar refractivity (Wildman–Crippen MR) is 114 cm³/mol. The van der Waals surface area contributed by atoms with Gasteiger partial charge in [0.15, 0.2) is 5.82 Å². The van der Waals surface area contributed by atoms with Gasteiger partial charge in [-0.1, -0.05) is 12.1 Å². The Balaban J connectivity index is 1.47. The van der Waals surface area contributed by atoms with Crippen LogP contribution in [0.25, 0.3) is 11.5 Å². The molecule has 0 spiro atoms. The van der Waals surface area contributed by atoms with Crippen LogP contribution >= 0.6 is 0 Å². The summed E-state index contributed by atoms with van der Waals surface area (Å²) in [5, 5.41) is 11.0. The van der Waals surface area contributed by atoms with Crippen molar-refractivity contribution < 1.29 is 9.53 Å². The molecule has 3 heterocycles. The highest BCUT2D eigenvalue weighted by molar-refractivity contribution is 6.04. The molecule has 0 unspecified atom stereocenters. The topological polar surface area (TPSA) is 108 Å². The molecule has 0 fully saturated rings. The van der Waals surface area contributed by atoms with Crippen LogP contribution in [0.2, 0.25) is 0 Å². The molecule has 4 aromatic rings. The van der Waals surface area contributed by atoms with E-state index in [0.717, 1.165) is 5.69 Å². The fraction of sp³-hybridized carbons (Fsp3) is 0.182. The molecule has 156 valence electrons. The summed E-state index contributed by atoms with van der Waals surface area (Å²) in [5.74, 6) is 1.35. The van der Waals surface area contributed by atoms with E-state index in [1.54, 1.807) is 48.9 Å². The molecule has 31 heavy (non-hydrogen) atoms. The highest BCUT2D eigenvalue weighted by Gasteiger charge is 2.13. The van der Waals surface area contributed by atoms with Crippen LogP contribution in [-0.2, 0) is 6.61 Å². The molecule has 1 N–H and O–H groups in total. The summed E-state index contributed by atoms with van der Waals surface area (Å²) in [7, 11) is 0. The molecule has 0 saturated carbocycles. The minimum Gasteiger partial charge on any atom is -0.487 e. The third-order valence-corrected chi connectivity index (χ3v) is 4.48. The Hall–Kier alpha value is -4.14. The number of carbonyl (C=O) groups excluding carboxylic acids is 1. The molecular formula is C22H21N7O2. The van der Waals surface area contributed by atoms with Gasteiger partial charge in [0.05, 0.1) is 5.69 Å². The van der Waals surface area contributed by atoms with Crippen molar-refractivity contribution in [3.8, 4) is 17.3 Å². The SMILES string of the molecule is CC(C)n1cnnc1-c1cccc(NC(=O)c2cccc(OCc3ccncn3)c2)n1. The number of amides is 1. The molecule has 0 bridgehead atoms. The van der Waals surface area contributed by atoms with Gasteiger partial charge in [0, 0.05) is 17.8 Å². The van der Waals surface area contributed by atoms with Crippen LogP contribution in [0.3, 0.4) is 0 Å². The number of ether oxygens (including phenoxy) is 1. The Morgan fingerprint density at radius 3 is 2.84 bits per heavy atom. The maximum absolute atomic E-state index is 12.8. The van der Waals surface area contributed by atoms with Crippen molar-refractivity contribution >= 4 is 11.7 Å². The van der Waals surface area contributed by atoms with Gasteiger partial charge in [0.2, 0.25) is 0 Å². The molecule has 0 saturated heterocycles. The van der Waals surface area contributed by atoms with Crippen molar-refractivity contribution in [2.45, 2.75) is 26.5 Å². The lowest BCUT2D eigenvalue weighted by molar-refractivity contribution is 0.102. The summed E-state index contributed by atoms with van der Waals surface area (Å²) in [5.41, 5.74) is 1.84. The Morgan fingerprint density at radius 2 is 2.03 bits per heavy atom. The van der Waals surface area contributed by atoms with Gasteiger partial charge < -0.3 is 14.6 Å². The molecule has 0 atom stereocenters. The van der Waals surface area contributed by atoms with Crippen LogP contribution in [0.1, 0.15) is 35.9 Å². The lowest BCUT2D eigenvalue weighted by Crippen LogP contribution is -2.13. The van der Waals surface area contributed by atoms with Crippen molar-refractivity contribution in [2.24, 2.45) is 0 Å². The molecule has 0 aliphatic carbocycles. The molecule has 0 aliphatic rings. The molecule has 1 amide bonds. The van der Waals surface area contributed by atoms with E-state index in [9.17, 15) is 4.79 Å². The lowest BCUT2D eigenvalue weighted by Gasteiger charge is -2.11. The van der Waals surface area contributed by atoms with Crippen LogP contribution < -0.4 is 10.1 Å². The minimum atomic E-state index is -0.289. The minimum absolute atomic E-state index is 0.190. The number of hydrogen-bond donors (Lipinski definition) is 1. The standard InChI is InChI=1S/C22H21N7O2/c1-15(2)29-14-25-28-21(29)19-7-4-8-20(26-19)27-22(30)16-5-3-6-18(11-16)31-12-17-9-10-23-13-24-17/h3-11,13-15H,12H2,1-2H3,(H,26,27,30). The summed E-state index contributed by atoms with van der Waals surface area (Å²) < 4.78 is 7.66. The second-order valence-corrected chi connectivity index (χ2v) is 7.03. The molecule has 0 radical (unpaired) electrons. The van der Waals surface area contributed by atoms with E-state index in [4.69, 9.17) is 4.74 Å². The summed E-state index contributed by atoms with van der Waals surface area (Å²) >= 11 is 0. The van der Waals surface area contributed by atoms with Crippen molar-refractivity contribution in [3.05, 3.63) is 78.6 Å². The zero-order chi connectivity index (χ0) is 21.6. The Labute approximate surface area is 179 Å². The molecule has 9 nitrogen and oxygen atoms in total. The predicted octanol–water partition coefficient (Wildman–Crippen LogP) is 3.54. The molecule has 0 aliphatic heterocycles. The number of anilines is 1. The Morgan fingerprint density at radius 1 is 1.16 bits per heavy atom. The van der Waals surface area contributed by atoms with Crippen molar-refractivity contribution in [1.82, 2.24) is 29.7 Å². The molecular weight excluding hydrogens is 394 g/mol. The normalized spacial score (nSPS) is 10.8. The number of carbonyl (C=O) groups is 1. The average Bonchev–Trinajstić information content (AvgIpc) is 3.29. The molecule has 3 aromatic heterocycles. The van der Waals surface area contributed by atoms with Crippen LogP contribution in [0.5, 0.6) is 5.75 Å². The highest BCUT2D eigenvalue weighted by Crippen LogP contribution is 2.21. The average molecular weight is 415 g/mol. The van der Waals surface area contributed by atoms with Gasteiger partial charge in [-0.3, -0.25) is 4.79 Å². The Bertz CT molecular complexity index is 1180. The summed E-state index contributed by atoms with van der Waals surface area (Å²) in [6, 6.07) is 14.3.